The Morgan fingerprint density at radius 2 is 1.97 bits per heavy atom. The van der Waals surface area contributed by atoms with Crippen LogP contribution in [0.1, 0.15) is 18.4 Å². The number of aromatic nitrogens is 6. The number of imidazole rings is 1. The van der Waals surface area contributed by atoms with Crippen molar-refractivity contribution in [2.75, 3.05) is 13.1 Å². The second kappa shape index (κ2) is 8.61. The first-order chi connectivity index (χ1) is 17.7. The van der Waals surface area contributed by atoms with Crippen molar-refractivity contribution in [3.8, 4) is 33.1 Å². The van der Waals surface area contributed by atoms with Crippen LogP contribution in [0.25, 0.3) is 55.2 Å². The van der Waals surface area contributed by atoms with Gasteiger partial charge in [0.25, 0.3) is 0 Å². The number of hydrogen-bond acceptors (Lipinski definition) is 6. The summed E-state index contributed by atoms with van der Waals surface area (Å²) in [7, 11) is 0. The molecular weight excluding hydrogens is 473 g/mol. The summed E-state index contributed by atoms with van der Waals surface area (Å²) >= 11 is 1.65. The number of likely N-dealkylation sites (tertiary alicyclic amines) is 1. The largest absolute Gasteiger partial charge is 0.321 e. The van der Waals surface area contributed by atoms with Gasteiger partial charge >= 0.3 is 0 Å². The van der Waals surface area contributed by atoms with Crippen LogP contribution < -0.4 is 0 Å². The van der Waals surface area contributed by atoms with E-state index in [-0.39, 0.29) is 5.82 Å². The number of hydrogen-bond donors (Lipinski definition) is 2. The van der Waals surface area contributed by atoms with E-state index in [0.717, 1.165) is 52.3 Å². The number of benzene rings is 1. The SMILES string of the molecule is Fc1cc(-c2cncc(CN3CCCC3)c2)cc2c(-c3nc4c(-c5cccs5)ccnc4[nH]3)n[nH]c12. The van der Waals surface area contributed by atoms with Crippen LogP contribution in [0.2, 0.25) is 0 Å². The summed E-state index contributed by atoms with van der Waals surface area (Å²) in [4.78, 5) is 20.6. The molecule has 9 heteroatoms. The Morgan fingerprint density at radius 3 is 2.83 bits per heavy atom. The van der Waals surface area contributed by atoms with Gasteiger partial charge in [-0.15, -0.1) is 11.3 Å². The van der Waals surface area contributed by atoms with Gasteiger partial charge in [-0.2, -0.15) is 5.10 Å². The van der Waals surface area contributed by atoms with E-state index in [1.165, 1.54) is 18.9 Å². The Kier molecular flexibility index (Phi) is 5.11. The molecule has 0 aliphatic carbocycles. The highest BCUT2D eigenvalue weighted by Crippen LogP contribution is 2.34. The van der Waals surface area contributed by atoms with Crippen molar-refractivity contribution in [1.82, 2.24) is 35.0 Å². The zero-order valence-electron chi connectivity index (χ0n) is 19.3. The van der Waals surface area contributed by atoms with Crippen molar-refractivity contribution in [2.24, 2.45) is 0 Å². The Balaban J connectivity index is 1.31. The van der Waals surface area contributed by atoms with Gasteiger partial charge in [0.15, 0.2) is 11.5 Å². The fourth-order valence-corrected chi connectivity index (χ4v) is 5.76. The van der Waals surface area contributed by atoms with Crippen molar-refractivity contribution in [2.45, 2.75) is 19.4 Å². The number of aromatic amines is 2. The minimum absolute atomic E-state index is 0.349. The predicted molar refractivity (Wildman–Crippen MR) is 140 cm³/mol. The van der Waals surface area contributed by atoms with Crippen molar-refractivity contribution in [3.63, 3.8) is 0 Å². The first-order valence-corrected chi connectivity index (χ1v) is 12.8. The lowest BCUT2D eigenvalue weighted by atomic mass is 10.0. The molecule has 1 aliphatic heterocycles. The molecule has 178 valence electrons. The summed E-state index contributed by atoms with van der Waals surface area (Å²) in [5.41, 5.74) is 6.11. The molecule has 0 atom stereocenters. The van der Waals surface area contributed by atoms with E-state index in [4.69, 9.17) is 4.98 Å². The molecule has 1 fully saturated rings. The van der Waals surface area contributed by atoms with Gasteiger partial charge in [-0.05, 0) is 72.8 Å². The van der Waals surface area contributed by atoms with Crippen LogP contribution in [-0.2, 0) is 6.54 Å². The van der Waals surface area contributed by atoms with E-state index >= 15 is 4.39 Å². The molecule has 0 radical (unpaired) electrons. The van der Waals surface area contributed by atoms with Crippen LogP contribution in [0.15, 0.2) is 60.4 Å². The van der Waals surface area contributed by atoms with Crippen LogP contribution in [-0.4, -0.2) is 48.1 Å². The van der Waals surface area contributed by atoms with E-state index in [0.29, 0.717) is 28.1 Å². The molecule has 0 amide bonds. The summed E-state index contributed by atoms with van der Waals surface area (Å²) in [5.74, 6) is 0.185. The average Bonchev–Trinajstić information content (AvgIpc) is 3.70. The Labute approximate surface area is 210 Å². The summed E-state index contributed by atoms with van der Waals surface area (Å²) in [6, 6.07) is 11.6. The lowest BCUT2D eigenvalue weighted by molar-refractivity contribution is 0.331. The van der Waals surface area contributed by atoms with E-state index < -0.39 is 0 Å². The summed E-state index contributed by atoms with van der Waals surface area (Å²) in [6.45, 7) is 3.09. The second-order valence-corrected chi connectivity index (χ2v) is 10.1. The molecule has 1 aliphatic rings. The number of halogens is 1. The van der Waals surface area contributed by atoms with Crippen LogP contribution in [0.4, 0.5) is 4.39 Å². The van der Waals surface area contributed by atoms with Crippen LogP contribution in [0.3, 0.4) is 0 Å². The van der Waals surface area contributed by atoms with Gasteiger partial charge < -0.3 is 4.98 Å². The van der Waals surface area contributed by atoms with E-state index in [2.05, 4.69) is 42.2 Å². The topological polar surface area (TPSA) is 86.4 Å². The molecule has 6 aromatic rings. The number of nitrogens with zero attached hydrogens (tertiary/aromatic N) is 5. The highest BCUT2D eigenvalue weighted by Gasteiger charge is 2.19. The van der Waals surface area contributed by atoms with Crippen molar-refractivity contribution >= 4 is 33.4 Å². The molecule has 5 aromatic heterocycles. The normalized spacial score (nSPS) is 14.4. The number of pyridine rings is 2. The lowest BCUT2D eigenvalue weighted by Crippen LogP contribution is -2.18. The second-order valence-electron chi connectivity index (χ2n) is 9.14. The first kappa shape index (κ1) is 21.3. The molecule has 0 spiro atoms. The third kappa shape index (κ3) is 3.68. The third-order valence-corrected chi connectivity index (χ3v) is 7.66. The standard InChI is InChI=1S/C27H22FN7S/c28-21-12-17(18-10-16(13-29-14-18)15-35-7-1-2-8-35)11-20-23(21)33-34-25(20)27-31-24-19(22-4-3-9-36-22)5-6-30-26(24)32-27/h3-6,9-14H,1-2,7-8,15H2,(H,33,34)(H,30,31,32). The Bertz CT molecular complexity index is 1700. The molecule has 7 nitrogen and oxygen atoms in total. The molecule has 1 aromatic carbocycles. The molecule has 7 rings (SSSR count). The fourth-order valence-electron chi connectivity index (χ4n) is 5.01. The predicted octanol–water partition coefficient (Wildman–Crippen LogP) is 6.03. The van der Waals surface area contributed by atoms with Gasteiger partial charge in [-0.1, -0.05) is 6.07 Å². The zero-order valence-corrected chi connectivity index (χ0v) is 20.1. The molecule has 2 N–H and O–H groups in total. The minimum Gasteiger partial charge on any atom is -0.321 e. The highest BCUT2D eigenvalue weighted by atomic mass is 32.1. The van der Waals surface area contributed by atoms with Gasteiger partial charge in [0, 0.05) is 46.5 Å². The van der Waals surface area contributed by atoms with Gasteiger partial charge in [-0.25, -0.2) is 14.4 Å². The average molecular weight is 496 g/mol. The van der Waals surface area contributed by atoms with E-state index in [1.54, 1.807) is 23.7 Å². The molecule has 36 heavy (non-hydrogen) atoms. The van der Waals surface area contributed by atoms with Gasteiger partial charge in [0.05, 0.1) is 0 Å². The van der Waals surface area contributed by atoms with Crippen molar-refractivity contribution in [3.05, 3.63) is 71.7 Å². The summed E-state index contributed by atoms with van der Waals surface area (Å²) in [6.07, 6.45) is 7.93. The van der Waals surface area contributed by atoms with Crippen LogP contribution in [0, 0.1) is 5.82 Å². The maximum Gasteiger partial charge on any atom is 0.160 e. The quantitative estimate of drug-likeness (QED) is 0.305. The van der Waals surface area contributed by atoms with E-state index in [9.17, 15) is 0 Å². The maximum atomic E-state index is 15.2. The third-order valence-electron chi connectivity index (χ3n) is 6.75. The molecular formula is C27H22FN7S. The smallest absolute Gasteiger partial charge is 0.160 e. The lowest BCUT2D eigenvalue weighted by Gasteiger charge is -2.14. The Morgan fingerprint density at radius 1 is 1.06 bits per heavy atom. The summed E-state index contributed by atoms with van der Waals surface area (Å²) < 4.78 is 15.2. The van der Waals surface area contributed by atoms with Gasteiger partial charge in [0.2, 0.25) is 0 Å². The molecule has 0 unspecified atom stereocenters. The molecule has 1 saturated heterocycles. The van der Waals surface area contributed by atoms with Crippen LogP contribution >= 0.6 is 11.3 Å². The van der Waals surface area contributed by atoms with Crippen LogP contribution in [0.5, 0.6) is 0 Å². The minimum atomic E-state index is -0.361. The molecule has 0 bridgehead atoms. The maximum absolute atomic E-state index is 15.2. The molecule has 0 saturated carbocycles. The Hall–Kier alpha value is -3.95. The number of fused-ring (bicyclic) bond motifs is 2. The first-order valence-electron chi connectivity index (χ1n) is 12.0. The van der Waals surface area contributed by atoms with Crippen molar-refractivity contribution in [1.29, 1.82) is 0 Å². The van der Waals surface area contributed by atoms with Gasteiger partial charge in [-0.3, -0.25) is 15.0 Å². The monoisotopic (exact) mass is 495 g/mol. The number of nitrogens with one attached hydrogen (secondary N) is 2. The number of rotatable bonds is 5. The summed E-state index contributed by atoms with van der Waals surface area (Å²) in [5, 5.41) is 9.98. The number of H-pyrrole nitrogens is 2. The highest BCUT2D eigenvalue weighted by molar-refractivity contribution is 7.13. The van der Waals surface area contributed by atoms with Crippen molar-refractivity contribution < 1.29 is 4.39 Å². The van der Waals surface area contributed by atoms with Gasteiger partial charge in [0.1, 0.15) is 22.5 Å². The van der Waals surface area contributed by atoms with E-state index in [1.807, 2.05) is 29.8 Å². The fraction of sp³-hybridized carbons (Fsp3) is 0.185. The zero-order chi connectivity index (χ0) is 24.1. The number of thiophene rings is 1. The molecule has 6 heterocycles.